The monoisotopic (exact) mass is 215 g/mol. The van der Waals surface area contributed by atoms with Crippen molar-refractivity contribution in [1.29, 1.82) is 0 Å². The number of nitrogens with zero attached hydrogens (tertiary/aromatic N) is 1. The normalized spacial score (nSPS) is 18.6. The van der Waals surface area contributed by atoms with Crippen molar-refractivity contribution in [2.75, 3.05) is 13.1 Å². The summed E-state index contributed by atoms with van der Waals surface area (Å²) in [5.74, 6) is 0.913. The summed E-state index contributed by atoms with van der Waals surface area (Å²) in [5, 5.41) is 0. The zero-order valence-electron chi connectivity index (χ0n) is 10.2. The van der Waals surface area contributed by atoms with E-state index in [9.17, 15) is 0 Å². The van der Waals surface area contributed by atoms with E-state index < -0.39 is 0 Å². The third-order valence-electron chi connectivity index (χ3n) is 3.47. The van der Waals surface area contributed by atoms with Crippen LogP contribution in [0.25, 0.3) is 6.08 Å². The van der Waals surface area contributed by atoms with E-state index in [1.54, 1.807) is 0 Å². The van der Waals surface area contributed by atoms with E-state index in [4.69, 9.17) is 0 Å². The Hall–Kier alpha value is -1.08. The molecule has 0 spiro atoms. The fourth-order valence-corrected chi connectivity index (χ4v) is 2.30. The van der Waals surface area contributed by atoms with Gasteiger partial charge in [0.25, 0.3) is 0 Å². The number of hydrogen-bond donors (Lipinski definition) is 0. The molecule has 0 radical (unpaired) electrons. The first-order chi connectivity index (χ1) is 7.78. The van der Waals surface area contributed by atoms with E-state index in [0.29, 0.717) is 0 Å². The van der Waals surface area contributed by atoms with E-state index in [1.807, 2.05) is 6.08 Å². The maximum absolute atomic E-state index is 3.82. The lowest BCUT2D eigenvalue weighted by Gasteiger charge is -2.30. The third-order valence-corrected chi connectivity index (χ3v) is 3.47. The largest absolute Gasteiger partial charge is 0.299 e. The van der Waals surface area contributed by atoms with E-state index in [0.717, 1.165) is 12.5 Å². The highest BCUT2D eigenvalue weighted by molar-refractivity contribution is 5.47. The van der Waals surface area contributed by atoms with Gasteiger partial charge in [-0.15, -0.1) is 0 Å². The van der Waals surface area contributed by atoms with E-state index >= 15 is 0 Å². The zero-order valence-corrected chi connectivity index (χ0v) is 10.2. The first-order valence-corrected chi connectivity index (χ1v) is 6.21. The minimum Gasteiger partial charge on any atom is -0.299 e. The topological polar surface area (TPSA) is 3.24 Å². The quantitative estimate of drug-likeness (QED) is 0.745. The lowest BCUT2D eigenvalue weighted by atomic mass is 9.98. The predicted octanol–water partition coefficient (Wildman–Crippen LogP) is 3.56. The van der Waals surface area contributed by atoms with E-state index in [-0.39, 0.29) is 0 Å². The highest BCUT2D eigenvalue weighted by Gasteiger charge is 2.15. The summed E-state index contributed by atoms with van der Waals surface area (Å²) in [6.07, 6.45) is 4.62. The zero-order chi connectivity index (χ0) is 11.4. The van der Waals surface area contributed by atoms with Gasteiger partial charge in [-0.05, 0) is 43.0 Å². The maximum Gasteiger partial charge on any atom is 0.0233 e. The molecule has 16 heavy (non-hydrogen) atoms. The van der Waals surface area contributed by atoms with Gasteiger partial charge in [0.05, 0.1) is 0 Å². The molecule has 1 nitrogen and oxygen atoms in total. The lowest BCUT2D eigenvalue weighted by molar-refractivity contribution is 0.185. The minimum atomic E-state index is 0.913. The van der Waals surface area contributed by atoms with Crippen molar-refractivity contribution in [3.8, 4) is 0 Å². The van der Waals surface area contributed by atoms with Crippen LogP contribution in [0.15, 0.2) is 30.8 Å². The van der Waals surface area contributed by atoms with Crippen LogP contribution in [0.3, 0.4) is 0 Å². The summed E-state index contributed by atoms with van der Waals surface area (Å²) < 4.78 is 0. The molecule has 0 aromatic heterocycles. The Bertz CT molecular complexity index is 348. The van der Waals surface area contributed by atoms with Gasteiger partial charge in [-0.3, -0.25) is 4.90 Å². The van der Waals surface area contributed by atoms with E-state index in [1.165, 1.54) is 37.1 Å². The minimum absolute atomic E-state index is 0.913. The summed E-state index contributed by atoms with van der Waals surface area (Å²) in [5.41, 5.74) is 2.63. The molecule has 1 saturated heterocycles. The summed E-state index contributed by atoms with van der Waals surface area (Å²) in [7, 11) is 0. The SMILES string of the molecule is C=Cc1cccc(CN2CCC(C)CC2)c1. The second-order valence-corrected chi connectivity index (χ2v) is 4.91. The van der Waals surface area contributed by atoms with Gasteiger partial charge < -0.3 is 0 Å². The smallest absolute Gasteiger partial charge is 0.0233 e. The molecule has 1 aliphatic heterocycles. The van der Waals surface area contributed by atoms with Crippen LogP contribution in [0, 0.1) is 5.92 Å². The van der Waals surface area contributed by atoms with Crippen LogP contribution in [0.2, 0.25) is 0 Å². The van der Waals surface area contributed by atoms with Crippen molar-refractivity contribution in [3.05, 3.63) is 42.0 Å². The Morgan fingerprint density at radius 3 is 2.81 bits per heavy atom. The van der Waals surface area contributed by atoms with Gasteiger partial charge in [-0.25, -0.2) is 0 Å². The van der Waals surface area contributed by atoms with Crippen molar-refractivity contribution in [2.24, 2.45) is 5.92 Å². The molecular formula is C15H21N. The van der Waals surface area contributed by atoms with Gasteiger partial charge in [0.1, 0.15) is 0 Å². The van der Waals surface area contributed by atoms with E-state index in [2.05, 4.69) is 42.7 Å². The number of rotatable bonds is 3. The van der Waals surface area contributed by atoms with Crippen LogP contribution in [0.4, 0.5) is 0 Å². The van der Waals surface area contributed by atoms with Crippen molar-refractivity contribution in [1.82, 2.24) is 4.90 Å². The van der Waals surface area contributed by atoms with Crippen molar-refractivity contribution in [3.63, 3.8) is 0 Å². The van der Waals surface area contributed by atoms with Crippen LogP contribution in [0.5, 0.6) is 0 Å². The van der Waals surface area contributed by atoms with Crippen molar-refractivity contribution < 1.29 is 0 Å². The van der Waals surface area contributed by atoms with Gasteiger partial charge in [0, 0.05) is 6.54 Å². The fourth-order valence-electron chi connectivity index (χ4n) is 2.30. The molecule has 0 atom stereocenters. The van der Waals surface area contributed by atoms with Gasteiger partial charge in [-0.1, -0.05) is 43.8 Å². The first-order valence-electron chi connectivity index (χ1n) is 6.21. The molecule has 1 heteroatoms. The Balaban J connectivity index is 1.95. The van der Waals surface area contributed by atoms with Crippen molar-refractivity contribution >= 4 is 6.08 Å². The Morgan fingerprint density at radius 1 is 1.38 bits per heavy atom. The Morgan fingerprint density at radius 2 is 2.12 bits per heavy atom. The number of benzene rings is 1. The van der Waals surface area contributed by atoms with Crippen molar-refractivity contribution in [2.45, 2.75) is 26.3 Å². The summed E-state index contributed by atoms with van der Waals surface area (Å²) in [4.78, 5) is 2.56. The lowest BCUT2D eigenvalue weighted by Crippen LogP contribution is -2.32. The van der Waals surface area contributed by atoms with Crippen LogP contribution in [-0.4, -0.2) is 18.0 Å². The average molecular weight is 215 g/mol. The van der Waals surface area contributed by atoms with Gasteiger partial charge in [0.15, 0.2) is 0 Å². The number of likely N-dealkylation sites (tertiary alicyclic amines) is 1. The second kappa shape index (κ2) is 5.31. The summed E-state index contributed by atoms with van der Waals surface area (Å²) >= 11 is 0. The molecular weight excluding hydrogens is 194 g/mol. The third kappa shape index (κ3) is 2.96. The fraction of sp³-hybridized carbons (Fsp3) is 0.467. The summed E-state index contributed by atoms with van der Waals surface area (Å²) in [6, 6.07) is 8.68. The van der Waals surface area contributed by atoms with Gasteiger partial charge in [0.2, 0.25) is 0 Å². The molecule has 1 aromatic carbocycles. The number of hydrogen-bond acceptors (Lipinski definition) is 1. The van der Waals surface area contributed by atoms with Crippen LogP contribution in [0.1, 0.15) is 30.9 Å². The Labute approximate surface area is 98.8 Å². The first kappa shape index (κ1) is 11.4. The molecule has 2 rings (SSSR count). The average Bonchev–Trinajstić information content (AvgIpc) is 2.32. The molecule has 1 heterocycles. The standard InChI is InChI=1S/C15H21N/c1-3-14-5-4-6-15(11-14)12-16-9-7-13(2)8-10-16/h3-6,11,13H,1,7-10,12H2,2H3. The van der Waals surface area contributed by atoms with Gasteiger partial charge in [-0.2, -0.15) is 0 Å². The van der Waals surface area contributed by atoms with Crippen LogP contribution < -0.4 is 0 Å². The molecule has 1 fully saturated rings. The molecule has 1 aromatic rings. The molecule has 0 bridgehead atoms. The molecule has 0 aliphatic carbocycles. The molecule has 0 saturated carbocycles. The molecule has 0 N–H and O–H groups in total. The molecule has 0 unspecified atom stereocenters. The number of piperidine rings is 1. The second-order valence-electron chi connectivity index (χ2n) is 4.91. The highest BCUT2D eigenvalue weighted by atomic mass is 15.1. The molecule has 86 valence electrons. The predicted molar refractivity (Wildman–Crippen MR) is 70.2 cm³/mol. The Kier molecular flexibility index (Phi) is 3.79. The molecule has 0 amide bonds. The highest BCUT2D eigenvalue weighted by Crippen LogP contribution is 2.18. The van der Waals surface area contributed by atoms with Crippen LogP contribution >= 0.6 is 0 Å². The van der Waals surface area contributed by atoms with Crippen LogP contribution in [-0.2, 0) is 6.54 Å². The van der Waals surface area contributed by atoms with Gasteiger partial charge >= 0.3 is 0 Å². The summed E-state index contributed by atoms with van der Waals surface area (Å²) in [6.45, 7) is 9.76. The maximum atomic E-state index is 3.82. The molecule has 1 aliphatic rings.